The third kappa shape index (κ3) is 2.72. The van der Waals surface area contributed by atoms with Crippen LogP contribution in [0.4, 0.5) is 0 Å². The molecule has 1 aliphatic rings. The highest BCUT2D eigenvalue weighted by molar-refractivity contribution is 5.84. The van der Waals surface area contributed by atoms with Crippen molar-refractivity contribution in [1.82, 2.24) is 5.32 Å². The first-order valence-corrected chi connectivity index (χ1v) is 6.84. The van der Waals surface area contributed by atoms with Crippen LogP contribution in [0.2, 0.25) is 0 Å². The molecule has 1 aromatic rings. The first-order chi connectivity index (χ1) is 8.76. The maximum Gasteiger partial charge on any atom is 0.227 e. The zero-order valence-electron chi connectivity index (χ0n) is 11.0. The molecule has 0 bridgehead atoms. The minimum atomic E-state index is 0.00977. The highest BCUT2D eigenvalue weighted by Crippen LogP contribution is 2.31. The molecule has 3 heteroatoms. The largest absolute Gasteiger partial charge is 0.352 e. The lowest BCUT2D eigenvalue weighted by Crippen LogP contribution is -2.42. The number of fused-ring (bicyclic) bond motifs is 1. The Hall–Kier alpha value is -1.35. The van der Waals surface area contributed by atoms with Crippen molar-refractivity contribution in [3.8, 4) is 0 Å². The average Bonchev–Trinajstić information content (AvgIpc) is 2.43. The van der Waals surface area contributed by atoms with Crippen LogP contribution in [-0.2, 0) is 11.2 Å². The second kappa shape index (κ2) is 6.01. The van der Waals surface area contributed by atoms with Crippen molar-refractivity contribution in [2.24, 2.45) is 5.73 Å². The number of nitrogens with two attached hydrogens (primary N) is 1. The molecule has 2 unspecified atom stereocenters. The molecular weight excluding hydrogens is 224 g/mol. The number of carbonyl (C=O) groups excluding carboxylic acids is 1. The molecule has 0 heterocycles. The van der Waals surface area contributed by atoms with E-state index in [-0.39, 0.29) is 17.9 Å². The molecule has 3 nitrogen and oxygen atoms in total. The second-order valence-electron chi connectivity index (χ2n) is 4.99. The second-order valence-corrected chi connectivity index (χ2v) is 4.99. The Morgan fingerprint density at radius 3 is 3.00 bits per heavy atom. The zero-order chi connectivity index (χ0) is 13.0. The molecule has 3 N–H and O–H groups in total. The minimum absolute atomic E-state index is 0.00977. The van der Waals surface area contributed by atoms with Gasteiger partial charge in [-0.1, -0.05) is 31.2 Å². The fourth-order valence-corrected chi connectivity index (χ4v) is 2.66. The van der Waals surface area contributed by atoms with Crippen LogP contribution in [0.3, 0.4) is 0 Å². The van der Waals surface area contributed by atoms with E-state index in [9.17, 15) is 4.79 Å². The number of carbonyl (C=O) groups is 1. The van der Waals surface area contributed by atoms with E-state index in [1.54, 1.807) is 0 Å². The van der Waals surface area contributed by atoms with Gasteiger partial charge in [0.05, 0.1) is 5.92 Å². The van der Waals surface area contributed by atoms with Crippen molar-refractivity contribution < 1.29 is 4.79 Å². The van der Waals surface area contributed by atoms with Crippen LogP contribution in [-0.4, -0.2) is 18.5 Å². The van der Waals surface area contributed by atoms with Crippen molar-refractivity contribution >= 4 is 5.91 Å². The SMILES string of the molecule is CCC(CN)NC(=O)C1CCCc2ccccc21. The molecule has 1 amide bonds. The lowest BCUT2D eigenvalue weighted by molar-refractivity contribution is -0.123. The molecule has 0 aromatic heterocycles. The van der Waals surface area contributed by atoms with Gasteiger partial charge < -0.3 is 11.1 Å². The molecule has 1 aromatic carbocycles. The van der Waals surface area contributed by atoms with Crippen molar-refractivity contribution in [3.05, 3.63) is 35.4 Å². The lowest BCUT2D eigenvalue weighted by atomic mass is 9.82. The van der Waals surface area contributed by atoms with E-state index in [1.807, 2.05) is 19.1 Å². The number of benzene rings is 1. The Balaban J connectivity index is 2.12. The van der Waals surface area contributed by atoms with Gasteiger partial charge in [0.2, 0.25) is 5.91 Å². The van der Waals surface area contributed by atoms with E-state index in [1.165, 1.54) is 11.1 Å². The summed E-state index contributed by atoms with van der Waals surface area (Å²) in [5.41, 5.74) is 8.17. The number of hydrogen-bond acceptors (Lipinski definition) is 2. The van der Waals surface area contributed by atoms with Gasteiger partial charge in [0.15, 0.2) is 0 Å². The summed E-state index contributed by atoms with van der Waals surface area (Å²) in [6.45, 7) is 2.56. The Morgan fingerprint density at radius 2 is 2.28 bits per heavy atom. The third-order valence-corrected chi connectivity index (χ3v) is 3.81. The van der Waals surface area contributed by atoms with Crippen LogP contribution in [0, 0.1) is 0 Å². The summed E-state index contributed by atoms with van der Waals surface area (Å²) >= 11 is 0. The smallest absolute Gasteiger partial charge is 0.227 e. The van der Waals surface area contributed by atoms with Gasteiger partial charge in [-0.15, -0.1) is 0 Å². The van der Waals surface area contributed by atoms with Crippen molar-refractivity contribution in [1.29, 1.82) is 0 Å². The molecule has 1 aliphatic carbocycles. The van der Waals surface area contributed by atoms with E-state index in [0.717, 1.165) is 25.7 Å². The van der Waals surface area contributed by atoms with E-state index in [2.05, 4.69) is 17.4 Å². The molecule has 2 atom stereocenters. The van der Waals surface area contributed by atoms with Crippen molar-refractivity contribution in [3.63, 3.8) is 0 Å². The van der Waals surface area contributed by atoms with Gasteiger partial charge in [-0.25, -0.2) is 0 Å². The highest BCUT2D eigenvalue weighted by atomic mass is 16.1. The normalized spacial score (nSPS) is 20.0. The minimum Gasteiger partial charge on any atom is -0.352 e. The third-order valence-electron chi connectivity index (χ3n) is 3.81. The molecular formula is C15H22N2O. The highest BCUT2D eigenvalue weighted by Gasteiger charge is 2.26. The Morgan fingerprint density at radius 1 is 1.50 bits per heavy atom. The molecule has 0 radical (unpaired) electrons. The van der Waals surface area contributed by atoms with Crippen LogP contribution in [0.15, 0.2) is 24.3 Å². The molecule has 98 valence electrons. The predicted molar refractivity (Wildman–Crippen MR) is 73.4 cm³/mol. The average molecular weight is 246 g/mol. The standard InChI is InChI=1S/C15H22N2O/c1-2-12(10-16)17-15(18)14-9-5-7-11-6-3-4-8-13(11)14/h3-4,6,8,12,14H,2,5,7,9-10,16H2,1H3,(H,17,18). The maximum absolute atomic E-state index is 12.3. The molecule has 0 aliphatic heterocycles. The Kier molecular flexibility index (Phi) is 4.37. The van der Waals surface area contributed by atoms with E-state index >= 15 is 0 Å². The topological polar surface area (TPSA) is 55.1 Å². The van der Waals surface area contributed by atoms with E-state index in [0.29, 0.717) is 6.54 Å². The quantitative estimate of drug-likeness (QED) is 0.853. The molecule has 0 saturated heterocycles. The van der Waals surface area contributed by atoms with Crippen LogP contribution >= 0.6 is 0 Å². The van der Waals surface area contributed by atoms with Gasteiger partial charge in [0.25, 0.3) is 0 Å². The Labute approximate surface area is 109 Å². The van der Waals surface area contributed by atoms with Crippen molar-refractivity contribution in [2.75, 3.05) is 6.54 Å². The van der Waals surface area contributed by atoms with Crippen LogP contribution in [0.5, 0.6) is 0 Å². The summed E-state index contributed by atoms with van der Waals surface area (Å²) in [6.07, 6.45) is 4.02. The molecule has 0 spiro atoms. The van der Waals surface area contributed by atoms with E-state index < -0.39 is 0 Å². The summed E-state index contributed by atoms with van der Waals surface area (Å²) in [4.78, 5) is 12.3. The van der Waals surface area contributed by atoms with Gasteiger partial charge in [0, 0.05) is 12.6 Å². The van der Waals surface area contributed by atoms with Crippen molar-refractivity contribution in [2.45, 2.75) is 44.6 Å². The first kappa shape index (κ1) is 13.1. The number of amides is 1. The van der Waals surface area contributed by atoms with Gasteiger partial charge >= 0.3 is 0 Å². The molecule has 0 saturated carbocycles. The number of rotatable bonds is 4. The maximum atomic E-state index is 12.3. The number of hydrogen-bond donors (Lipinski definition) is 2. The fraction of sp³-hybridized carbons (Fsp3) is 0.533. The first-order valence-electron chi connectivity index (χ1n) is 6.84. The van der Waals surface area contributed by atoms with Gasteiger partial charge in [0.1, 0.15) is 0 Å². The number of nitrogens with one attached hydrogen (secondary N) is 1. The van der Waals surface area contributed by atoms with Gasteiger partial charge in [-0.3, -0.25) is 4.79 Å². The molecule has 18 heavy (non-hydrogen) atoms. The van der Waals surface area contributed by atoms with Gasteiger partial charge in [-0.05, 0) is 36.8 Å². The van der Waals surface area contributed by atoms with Crippen LogP contribution in [0.1, 0.15) is 43.2 Å². The summed E-state index contributed by atoms with van der Waals surface area (Å²) in [7, 11) is 0. The summed E-state index contributed by atoms with van der Waals surface area (Å²) in [5, 5.41) is 3.06. The summed E-state index contributed by atoms with van der Waals surface area (Å²) < 4.78 is 0. The Bertz CT molecular complexity index is 413. The monoisotopic (exact) mass is 246 g/mol. The summed E-state index contributed by atoms with van der Waals surface area (Å²) in [5.74, 6) is 0.148. The zero-order valence-corrected chi connectivity index (χ0v) is 11.0. The fourth-order valence-electron chi connectivity index (χ4n) is 2.66. The number of aryl methyl sites for hydroxylation is 1. The molecule has 2 rings (SSSR count). The van der Waals surface area contributed by atoms with Crippen LogP contribution in [0.25, 0.3) is 0 Å². The van der Waals surface area contributed by atoms with Crippen LogP contribution < -0.4 is 11.1 Å². The predicted octanol–water partition coefficient (Wildman–Crippen LogP) is 1.96. The molecule has 0 fully saturated rings. The summed E-state index contributed by atoms with van der Waals surface area (Å²) in [6, 6.07) is 8.39. The lowest BCUT2D eigenvalue weighted by Gasteiger charge is -2.26. The van der Waals surface area contributed by atoms with Gasteiger partial charge in [-0.2, -0.15) is 0 Å². The van der Waals surface area contributed by atoms with E-state index in [4.69, 9.17) is 5.73 Å².